The monoisotopic (exact) mass is 513 g/mol. The Morgan fingerprint density at radius 2 is 1.66 bits per heavy atom. The molecule has 1 fully saturated rings. The molecule has 200 valence electrons. The number of nitrogens with zero attached hydrogens (tertiary/aromatic N) is 1. The van der Waals surface area contributed by atoms with Crippen molar-refractivity contribution in [3.8, 4) is 5.75 Å². The Bertz CT molecular complexity index is 1180. The minimum Gasteiger partial charge on any atom is -0.508 e. The summed E-state index contributed by atoms with van der Waals surface area (Å²) in [5.41, 5.74) is 6.02. The molecule has 3 aromatic carbocycles. The van der Waals surface area contributed by atoms with Crippen LogP contribution in [0.25, 0.3) is 11.1 Å². The fourth-order valence-corrected chi connectivity index (χ4v) is 5.12. The van der Waals surface area contributed by atoms with E-state index in [2.05, 4.69) is 34.6 Å². The maximum atomic E-state index is 12.8. The molecule has 6 nitrogen and oxygen atoms in total. The highest BCUT2D eigenvalue weighted by Crippen LogP contribution is 2.36. The molecule has 1 amide bonds. The minimum absolute atomic E-state index is 0.00669. The number of rotatable bonds is 12. The molecule has 3 aromatic rings. The van der Waals surface area contributed by atoms with Gasteiger partial charge in [0, 0.05) is 18.8 Å². The van der Waals surface area contributed by atoms with Crippen molar-refractivity contribution in [1.82, 2.24) is 10.2 Å². The summed E-state index contributed by atoms with van der Waals surface area (Å²) in [4.78, 5) is 15.0. The van der Waals surface area contributed by atoms with Gasteiger partial charge in [-0.05, 0) is 96.9 Å². The topological polar surface area (TPSA) is 84.8 Å². The molecule has 38 heavy (non-hydrogen) atoms. The molecular weight excluding hydrogens is 474 g/mol. The van der Waals surface area contributed by atoms with Gasteiger partial charge in [0.1, 0.15) is 5.75 Å². The minimum atomic E-state index is -0.00669. The second-order valence-corrected chi connectivity index (χ2v) is 9.91. The second kappa shape index (κ2) is 13.9. The summed E-state index contributed by atoms with van der Waals surface area (Å²) in [5, 5.41) is 25.9. The van der Waals surface area contributed by atoms with E-state index < -0.39 is 0 Å². The van der Waals surface area contributed by atoms with Gasteiger partial charge in [0.2, 0.25) is 5.91 Å². The van der Waals surface area contributed by atoms with Crippen molar-refractivity contribution in [2.45, 2.75) is 26.2 Å². The van der Waals surface area contributed by atoms with Crippen molar-refractivity contribution in [2.24, 2.45) is 5.92 Å². The van der Waals surface area contributed by atoms with Gasteiger partial charge in [-0.1, -0.05) is 61.5 Å². The normalized spacial score (nSPS) is 15.9. The largest absolute Gasteiger partial charge is 0.508 e. The van der Waals surface area contributed by atoms with Crippen molar-refractivity contribution in [3.63, 3.8) is 0 Å². The first-order valence-corrected chi connectivity index (χ1v) is 13.6. The third-order valence-corrected chi connectivity index (χ3v) is 7.12. The van der Waals surface area contributed by atoms with Crippen molar-refractivity contribution >= 4 is 22.7 Å². The SMILES string of the molecule is CCN(CC(=O)Nc1ccc(/C(=C(/CCCO)c2ccccc2)c2ccc(O)cc2)cc1)C[C@H]1CCNC1. The molecule has 0 spiro atoms. The number of nitrogens with one attached hydrogen (secondary N) is 2. The van der Waals surface area contributed by atoms with Gasteiger partial charge in [0.25, 0.3) is 0 Å². The van der Waals surface area contributed by atoms with Crippen LogP contribution in [-0.2, 0) is 4.79 Å². The van der Waals surface area contributed by atoms with Gasteiger partial charge in [-0.2, -0.15) is 0 Å². The fraction of sp³-hybridized carbons (Fsp3) is 0.344. The number of phenolic OH excluding ortho intramolecular Hbond substituents is 1. The maximum Gasteiger partial charge on any atom is 0.238 e. The molecule has 0 unspecified atom stereocenters. The lowest BCUT2D eigenvalue weighted by Crippen LogP contribution is -2.37. The number of allylic oxidation sites excluding steroid dienone is 1. The molecule has 1 heterocycles. The van der Waals surface area contributed by atoms with Crippen LogP contribution in [0.15, 0.2) is 78.9 Å². The van der Waals surface area contributed by atoms with E-state index in [0.29, 0.717) is 25.3 Å². The number of hydrogen-bond donors (Lipinski definition) is 4. The van der Waals surface area contributed by atoms with E-state index in [-0.39, 0.29) is 18.3 Å². The smallest absolute Gasteiger partial charge is 0.238 e. The molecule has 4 N–H and O–H groups in total. The molecule has 0 saturated carbocycles. The molecule has 1 saturated heterocycles. The number of aliphatic hydroxyl groups is 1. The van der Waals surface area contributed by atoms with Crippen LogP contribution in [-0.4, -0.2) is 60.4 Å². The number of hydrogen-bond acceptors (Lipinski definition) is 5. The molecule has 6 heteroatoms. The maximum absolute atomic E-state index is 12.8. The van der Waals surface area contributed by atoms with E-state index in [4.69, 9.17) is 0 Å². The summed E-state index contributed by atoms with van der Waals surface area (Å²) in [6, 6.07) is 25.4. The summed E-state index contributed by atoms with van der Waals surface area (Å²) in [6.45, 7) is 6.46. The number of carbonyl (C=O) groups excluding carboxylic acids is 1. The van der Waals surface area contributed by atoms with Gasteiger partial charge < -0.3 is 20.8 Å². The van der Waals surface area contributed by atoms with Crippen molar-refractivity contribution in [3.05, 3.63) is 95.6 Å². The Morgan fingerprint density at radius 3 is 2.26 bits per heavy atom. The van der Waals surface area contributed by atoms with Crippen molar-refractivity contribution in [1.29, 1.82) is 0 Å². The van der Waals surface area contributed by atoms with E-state index in [0.717, 1.165) is 59.7 Å². The van der Waals surface area contributed by atoms with E-state index in [1.807, 2.05) is 54.6 Å². The van der Waals surface area contributed by atoms with E-state index in [9.17, 15) is 15.0 Å². The molecule has 4 rings (SSSR count). The quantitative estimate of drug-likeness (QED) is 0.256. The number of aromatic hydroxyl groups is 1. The first-order valence-electron chi connectivity index (χ1n) is 13.6. The van der Waals surface area contributed by atoms with Crippen LogP contribution in [0.1, 0.15) is 42.9 Å². The lowest BCUT2D eigenvalue weighted by molar-refractivity contribution is -0.117. The summed E-state index contributed by atoms with van der Waals surface area (Å²) in [5.74, 6) is 0.817. The Labute approximate surface area is 226 Å². The highest BCUT2D eigenvalue weighted by molar-refractivity contribution is 5.99. The Hall–Kier alpha value is -3.45. The molecule has 1 aliphatic heterocycles. The van der Waals surface area contributed by atoms with Crippen LogP contribution in [0, 0.1) is 5.92 Å². The van der Waals surface area contributed by atoms with Crippen LogP contribution in [0.5, 0.6) is 5.75 Å². The van der Waals surface area contributed by atoms with Crippen LogP contribution in [0.3, 0.4) is 0 Å². The standard InChI is InChI=1S/C32H39N3O3/c1-2-35(22-24-18-19-33-21-24)23-31(38)34-28-14-10-26(11-15-28)32(27-12-16-29(37)17-13-27)30(9-6-20-36)25-7-4-3-5-8-25/h3-5,7-8,10-17,24,33,36-37H,2,6,9,18-23H2,1H3,(H,34,38)/b32-30+/t24-/m0/s1. The number of anilines is 1. The molecular formula is C32H39N3O3. The van der Waals surface area contributed by atoms with E-state index in [1.54, 1.807) is 12.1 Å². The summed E-state index contributed by atoms with van der Waals surface area (Å²) in [6.07, 6.45) is 2.52. The molecule has 0 aromatic heterocycles. The Balaban J connectivity index is 1.58. The Kier molecular flexibility index (Phi) is 10.1. The van der Waals surface area contributed by atoms with Gasteiger partial charge in [-0.3, -0.25) is 9.69 Å². The zero-order chi connectivity index (χ0) is 26.7. The predicted molar refractivity (Wildman–Crippen MR) is 155 cm³/mol. The van der Waals surface area contributed by atoms with Crippen LogP contribution < -0.4 is 10.6 Å². The highest BCUT2D eigenvalue weighted by atomic mass is 16.3. The number of phenols is 1. The van der Waals surface area contributed by atoms with Crippen LogP contribution in [0.2, 0.25) is 0 Å². The molecule has 0 bridgehead atoms. The van der Waals surface area contributed by atoms with Gasteiger partial charge in [-0.25, -0.2) is 0 Å². The van der Waals surface area contributed by atoms with Gasteiger partial charge in [-0.15, -0.1) is 0 Å². The summed E-state index contributed by atoms with van der Waals surface area (Å²) >= 11 is 0. The van der Waals surface area contributed by atoms with Crippen LogP contribution >= 0.6 is 0 Å². The zero-order valence-corrected chi connectivity index (χ0v) is 22.2. The third-order valence-electron chi connectivity index (χ3n) is 7.12. The van der Waals surface area contributed by atoms with E-state index in [1.165, 1.54) is 6.42 Å². The second-order valence-electron chi connectivity index (χ2n) is 9.91. The zero-order valence-electron chi connectivity index (χ0n) is 22.2. The molecule has 1 atom stereocenters. The van der Waals surface area contributed by atoms with Gasteiger partial charge >= 0.3 is 0 Å². The molecule has 0 aliphatic carbocycles. The Morgan fingerprint density at radius 1 is 0.974 bits per heavy atom. The average molecular weight is 514 g/mol. The average Bonchev–Trinajstić information content (AvgIpc) is 3.46. The summed E-state index contributed by atoms with van der Waals surface area (Å²) in [7, 11) is 0. The lowest BCUT2D eigenvalue weighted by Gasteiger charge is -2.23. The number of amides is 1. The first kappa shape index (κ1) is 27.6. The van der Waals surface area contributed by atoms with Crippen molar-refractivity contribution in [2.75, 3.05) is 44.6 Å². The van der Waals surface area contributed by atoms with Crippen LogP contribution in [0.4, 0.5) is 5.69 Å². The van der Waals surface area contributed by atoms with Crippen molar-refractivity contribution < 1.29 is 15.0 Å². The number of aliphatic hydroxyl groups excluding tert-OH is 1. The molecule has 1 aliphatic rings. The molecule has 0 radical (unpaired) electrons. The first-order chi connectivity index (χ1) is 18.6. The number of benzene rings is 3. The van der Waals surface area contributed by atoms with E-state index >= 15 is 0 Å². The number of likely N-dealkylation sites (N-methyl/N-ethyl adjacent to an activating group) is 1. The number of carbonyl (C=O) groups is 1. The summed E-state index contributed by atoms with van der Waals surface area (Å²) < 4.78 is 0. The highest BCUT2D eigenvalue weighted by Gasteiger charge is 2.19. The van der Waals surface area contributed by atoms with Gasteiger partial charge in [0.05, 0.1) is 6.54 Å². The van der Waals surface area contributed by atoms with Gasteiger partial charge in [0.15, 0.2) is 0 Å². The predicted octanol–water partition coefficient (Wildman–Crippen LogP) is 4.99. The fourth-order valence-electron chi connectivity index (χ4n) is 5.12. The lowest BCUT2D eigenvalue weighted by atomic mass is 9.87. The third kappa shape index (κ3) is 7.54.